The van der Waals surface area contributed by atoms with E-state index in [9.17, 15) is 4.79 Å². The van der Waals surface area contributed by atoms with Crippen LogP contribution in [0.2, 0.25) is 15.1 Å². The predicted molar refractivity (Wildman–Crippen MR) is 98.5 cm³/mol. The number of rotatable bonds is 6. The maximum Gasteiger partial charge on any atom is 0.277 e. The molecule has 4 nitrogen and oxygen atoms in total. The molecule has 0 aliphatic carbocycles. The number of halogens is 3. The molecule has 7 heteroatoms. The second kappa shape index (κ2) is 8.92. The Hall–Kier alpha value is -1.75. The Balaban J connectivity index is 1.84. The summed E-state index contributed by atoms with van der Waals surface area (Å²) >= 11 is 17.7. The summed E-state index contributed by atoms with van der Waals surface area (Å²) in [6.07, 6.45) is 1.65. The van der Waals surface area contributed by atoms with Crippen LogP contribution in [0, 0.1) is 0 Å². The summed E-state index contributed by atoms with van der Waals surface area (Å²) in [6.45, 7) is 1.74. The van der Waals surface area contributed by atoms with Crippen LogP contribution < -0.4 is 10.2 Å². The first kappa shape index (κ1) is 18.6. The lowest BCUT2D eigenvalue weighted by Gasteiger charge is -2.09. The summed E-state index contributed by atoms with van der Waals surface area (Å²) in [7, 11) is 0. The highest BCUT2D eigenvalue weighted by Gasteiger charge is 2.09. The highest BCUT2D eigenvalue weighted by atomic mass is 35.5. The Morgan fingerprint density at radius 2 is 1.83 bits per heavy atom. The summed E-state index contributed by atoms with van der Waals surface area (Å²) in [5.41, 5.74) is 3.51. The highest BCUT2D eigenvalue weighted by molar-refractivity contribution is 6.43. The first-order chi connectivity index (χ1) is 11.5. The molecule has 0 saturated heterocycles. The van der Waals surface area contributed by atoms with Crippen molar-refractivity contribution in [2.45, 2.75) is 12.8 Å². The zero-order valence-electron chi connectivity index (χ0n) is 12.8. The standard InChI is InChI=1S/C17H15Cl3N2O2/c1-11(12-5-3-2-4-6-12)9-21-22-17(23)10-24-16-8-14(19)13(18)7-15(16)20/h2-9,11H,10H2,1H3,(H,22,23)/b21-9+. The van der Waals surface area contributed by atoms with Crippen LogP contribution in [-0.2, 0) is 4.79 Å². The van der Waals surface area contributed by atoms with Gasteiger partial charge in [-0.25, -0.2) is 5.43 Å². The molecule has 0 fully saturated rings. The molecule has 0 aliphatic heterocycles. The molecular weight excluding hydrogens is 371 g/mol. The lowest BCUT2D eigenvalue weighted by molar-refractivity contribution is -0.123. The van der Waals surface area contributed by atoms with E-state index in [0.29, 0.717) is 10.0 Å². The minimum atomic E-state index is -0.409. The largest absolute Gasteiger partial charge is 0.482 e. The van der Waals surface area contributed by atoms with Crippen LogP contribution in [0.5, 0.6) is 5.75 Å². The van der Waals surface area contributed by atoms with Crippen LogP contribution in [0.25, 0.3) is 0 Å². The fraction of sp³-hybridized carbons (Fsp3) is 0.176. The van der Waals surface area contributed by atoms with Crippen molar-refractivity contribution < 1.29 is 9.53 Å². The Labute approximate surface area is 155 Å². The van der Waals surface area contributed by atoms with Gasteiger partial charge in [0.15, 0.2) is 6.61 Å². The molecule has 126 valence electrons. The van der Waals surface area contributed by atoms with Gasteiger partial charge in [0.25, 0.3) is 5.91 Å². The van der Waals surface area contributed by atoms with Gasteiger partial charge in [-0.1, -0.05) is 72.1 Å². The van der Waals surface area contributed by atoms with Gasteiger partial charge in [0.2, 0.25) is 0 Å². The molecule has 2 aromatic rings. The minimum Gasteiger partial charge on any atom is -0.482 e. The molecule has 1 atom stereocenters. The summed E-state index contributed by atoms with van der Waals surface area (Å²) in [6, 6.07) is 12.8. The molecular formula is C17H15Cl3N2O2. The van der Waals surface area contributed by atoms with Crippen LogP contribution in [0.15, 0.2) is 47.6 Å². The second-order valence-electron chi connectivity index (χ2n) is 5.00. The first-order valence-corrected chi connectivity index (χ1v) is 8.25. The molecule has 0 radical (unpaired) electrons. The number of nitrogens with zero attached hydrogens (tertiary/aromatic N) is 1. The van der Waals surface area contributed by atoms with Gasteiger partial charge < -0.3 is 4.74 Å². The molecule has 0 spiro atoms. The quantitative estimate of drug-likeness (QED) is 0.435. The van der Waals surface area contributed by atoms with Crippen LogP contribution in [0.1, 0.15) is 18.4 Å². The van der Waals surface area contributed by atoms with Crippen LogP contribution in [-0.4, -0.2) is 18.7 Å². The van der Waals surface area contributed by atoms with E-state index in [2.05, 4.69) is 10.5 Å². The van der Waals surface area contributed by atoms with Gasteiger partial charge in [0.05, 0.1) is 15.1 Å². The summed E-state index contributed by atoms with van der Waals surface area (Å²) in [5, 5.41) is 4.82. The number of ether oxygens (including phenoxy) is 1. The molecule has 0 aliphatic rings. The molecule has 0 aromatic heterocycles. The van der Waals surface area contributed by atoms with Crippen LogP contribution in [0.4, 0.5) is 0 Å². The van der Waals surface area contributed by atoms with Gasteiger partial charge in [-0.2, -0.15) is 5.10 Å². The van der Waals surface area contributed by atoms with Crippen molar-refractivity contribution in [1.29, 1.82) is 0 Å². The average molecular weight is 386 g/mol. The van der Waals surface area contributed by atoms with E-state index >= 15 is 0 Å². The molecule has 1 N–H and O–H groups in total. The third kappa shape index (κ3) is 5.41. The molecule has 1 unspecified atom stereocenters. The summed E-state index contributed by atoms with van der Waals surface area (Å²) in [4.78, 5) is 11.7. The van der Waals surface area contributed by atoms with E-state index in [-0.39, 0.29) is 23.3 Å². The van der Waals surface area contributed by atoms with E-state index in [1.165, 1.54) is 12.1 Å². The third-order valence-electron chi connectivity index (χ3n) is 3.15. The zero-order chi connectivity index (χ0) is 17.5. The molecule has 0 heterocycles. The van der Waals surface area contributed by atoms with Gasteiger partial charge in [-0.05, 0) is 11.6 Å². The van der Waals surface area contributed by atoms with Crippen LogP contribution >= 0.6 is 34.8 Å². The van der Waals surface area contributed by atoms with Gasteiger partial charge in [-0.3, -0.25) is 4.79 Å². The smallest absolute Gasteiger partial charge is 0.277 e. The maximum absolute atomic E-state index is 11.7. The number of hydrazone groups is 1. The highest BCUT2D eigenvalue weighted by Crippen LogP contribution is 2.33. The third-order valence-corrected chi connectivity index (χ3v) is 4.16. The lowest BCUT2D eigenvalue weighted by Crippen LogP contribution is -2.24. The number of carbonyl (C=O) groups is 1. The zero-order valence-corrected chi connectivity index (χ0v) is 15.1. The fourth-order valence-electron chi connectivity index (χ4n) is 1.85. The Morgan fingerprint density at radius 3 is 2.54 bits per heavy atom. The number of hydrogen-bond donors (Lipinski definition) is 1. The van der Waals surface area contributed by atoms with Crippen molar-refractivity contribution in [3.63, 3.8) is 0 Å². The Bertz CT molecular complexity index is 736. The molecule has 2 aromatic carbocycles. The van der Waals surface area contributed by atoms with Crippen LogP contribution in [0.3, 0.4) is 0 Å². The lowest BCUT2D eigenvalue weighted by atomic mass is 10.0. The predicted octanol–water partition coefficient (Wildman–Crippen LogP) is 4.93. The number of hydrogen-bond acceptors (Lipinski definition) is 3. The average Bonchev–Trinajstić information content (AvgIpc) is 2.57. The monoisotopic (exact) mass is 384 g/mol. The van der Waals surface area contributed by atoms with E-state index in [1.54, 1.807) is 6.21 Å². The second-order valence-corrected chi connectivity index (χ2v) is 6.22. The minimum absolute atomic E-state index is 0.0805. The van der Waals surface area contributed by atoms with Gasteiger partial charge in [-0.15, -0.1) is 0 Å². The fourth-order valence-corrected chi connectivity index (χ4v) is 2.45. The number of nitrogens with one attached hydrogen (secondary N) is 1. The summed E-state index contributed by atoms with van der Waals surface area (Å²) in [5.74, 6) is -0.0477. The first-order valence-electron chi connectivity index (χ1n) is 7.11. The van der Waals surface area contributed by atoms with Crippen molar-refractivity contribution >= 4 is 46.9 Å². The molecule has 24 heavy (non-hydrogen) atoms. The van der Waals surface area contributed by atoms with Crippen molar-refractivity contribution in [2.24, 2.45) is 5.10 Å². The Morgan fingerprint density at radius 1 is 1.17 bits per heavy atom. The maximum atomic E-state index is 11.7. The molecule has 2 rings (SSSR count). The van der Waals surface area contributed by atoms with Crippen molar-refractivity contribution in [3.8, 4) is 5.75 Å². The van der Waals surface area contributed by atoms with E-state index in [0.717, 1.165) is 5.56 Å². The number of carbonyl (C=O) groups excluding carboxylic acids is 1. The Kier molecular flexibility index (Phi) is 6.91. The van der Waals surface area contributed by atoms with Crippen molar-refractivity contribution in [2.75, 3.05) is 6.61 Å². The SMILES string of the molecule is CC(/C=N/NC(=O)COc1cc(Cl)c(Cl)cc1Cl)c1ccccc1. The molecule has 1 amide bonds. The van der Waals surface area contributed by atoms with Gasteiger partial charge >= 0.3 is 0 Å². The van der Waals surface area contributed by atoms with E-state index < -0.39 is 5.91 Å². The summed E-state index contributed by atoms with van der Waals surface area (Å²) < 4.78 is 5.32. The topological polar surface area (TPSA) is 50.7 Å². The molecule has 0 bridgehead atoms. The van der Waals surface area contributed by atoms with Gasteiger partial charge in [0, 0.05) is 18.2 Å². The normalized spacial score (nSPS) is 12.2. The number of benzene rings is 2. The van der Waals surface area contributed by atoms with Gasteiger partial charge in [0.1, 0.15) is 5.75 Å². The van der Waals surface area contributed by atoms with Crippen molar-refractivity contribution in [1.82, 2.24) is 5.43 Å². The van der Waals surface area contributed by atoms with E-state index in [4.69, 9.17) is 39.5 Å². The van der Waals surface area contributed by atoms with E-state index in [1.807, 2.05) is 37.3 Å². The molecule has 0 saturated carbocycles. The van der Waals surface area contributed by atoms with Crippen molar-refractivity contribution in [3.05, 3.63) is 63.1 Å². The number of amides is 1.